The molecule has 1 heterocycles. The first-order valence-electron chi connectivity index (χ1n) is 7.67. The lowest BCUT2D eigenvalue weighted by atomic mass is 10.2. The van der Waals surface area contributed by atoms with Crippen molar-refractivity contribution in [1.29, 1.82) is 0 Å². The molecule has 0 radical (unpaired) electrons. The molecule has 2 rings (SSSR count). The van der Waals surface area contributed by atoms with Crippen LogP contribution in [0.5, 0.6) is 11.5 Å². The fourth-order valence-corrected chi connectivity index (χ4v) is 2.05. The van der Waals surface area contributed by atoms with E-state index in [2.05, 4.69) is 10.4 Å². The molecule has 1 amide bonds. The zero-order valence-electron chi connectivity index (χ0n) is 14.0. The van der Waals surface area contributed by atoms with Crippen molar-refractivity contribution >= 4 is 5.91 Å². The zero-order valence-corrected chi connectivity index (χ0v) is 14.0. The van der Waals surface area contributed by atoms with E-state index >= 15 is 0 Å². The molecular formula is C17H21N3O4. The number of hydrogen-bond donors (Lipinski definition) is 1. The van der Waals surface area contributed by atoms with Gasteiger partial charge in [-0.15, -0.1) is 0 Å². The molecule has 7 heteroatoms. The van der Waals surface area contributed by atoms with Crippen molar-refractivity contribution in [2.24, 2.45) is 7.05 Å². The standard InChI is InChI=1S/C17H21N3O4/c1-4-9-24-14-7-5-12(10-15(14)23-3)11-18-17(22)13-6-8-16(21)20(2)19-13/h5-8,10H,4,9,11H2,1-3H3,(H,18,22). The van der Waals surface area contributed by atoms with Crippen LogP contribution in [-0.4, -0.2) is 29.4 Å². The summed E-state index contributed by atoms with van der Waals surface area (Å²) in [4.78, 5) is 23.4. The number of hydrogen-bond acceptors (Lipinski definition) is 5. The lowest BCUT2D eigenvalue weighted by Gasteiger charge is -2.12. The number of aromatic nitrogens is 2. The molecule has 0 saturated heterocycles. The predicted molar refractivity (Wildman–Crippen MR) is 89.4 cm³/mol. The summed E-state index contributed by atoms with van der Waals surface area (Å²) in [6.45, 7) is 2.96. The molecule has 0 bridgehead atoms. The fraction of sp³-hybridized carbons (Fsp3) is 0.353. The molecule has 0 atom stereocenters. The van der Waals surface area contributed by atoms with Crippen molar-refractivity contribution in [1.82, 2.24) is 15.1 Å². The maximum Gasteiger partial charge on any atom is 0.271 e. The van der Waals surface area contributed by atoms with Gasteiger partial charge in [0.25, 0.3) is 11.5 Å². The van der Waals surface area contributed by atoms with Crippen LogP contribution in [0.25, 0.3) is 0 Å². The predicted octanol–water partition coefficient (Wildman–Crippen LogP) is 1.51. The Balaban J connectivity index is 2.04. The molecule has 1 N–H and O–H groups in total. The largest absolute Gasteiger partial charge is 0.493 e. The Kier molecular flexibility index (Phi) is 5.95. The van der Waals surface area contributed by atoms with Crippen LogP contribution in [0.2, 0.25) is 0 Å². The summed E-state index contributed by atoms with van der Waals surface area (Å²) in [5, 5.41) is 6.68. The molecule has 1 aromatic heterocycles. The van der Waals surface area contributed by atoms with Crippen LogP contribution in [0, 0.1) is 0 Å². The molecule has 1 aromatic carbocycles. The third kappa shape index (κ3) is 4.34. The quantitative estimate of drug-likeness (QED) is 0.831. The summed E-state index contributed by atoms with van der Waals surface area (Å²) in [5.74, 6) is 0.945. The number of carbonyl (C=O) groups is 1. The minimum Gasteiger partial charge on any atom is -0.493 e. The lowest BCUT2D eigenvalue weighted by molar-refractivity contribution is 0.0943. The number of ether oxygens (including phenoxy) is 2. The highest BCUT2D eigenvalue weighted by molar-refractivity contribution is 5.91. The van der Waals surface area contributed by atoms with Gasteiger partial charge in [0.05, 0.1) is 13.7 Å². The van der Waals surface area contributed by atoms with Crippen molar-refractivity contribution < 1.29 is 14.3 Å². The normalized spacial score (nSPS) is 10.3. The summed E-state index contributed by atoms with van der Waals surface area (Å²) in [5.41, 5.74) is 0.791. The number of nitrogens with one attached hydrogen (secondary N) is 1. The SMILES string of the molecule is CCCOc1ccc(CNC(=O)c2ccc(=O)n(C)n2)cc1OC. The van der Waals surface area contributed by atoms with Crippen LogP contribution < -0.4 is 20.3 Å². The van der Waals surface area contributed by atoms with Crippen molar-refractivity contribution in [3.05, 3.63) is 51.9 Å². The Morgan fingerprint density at radius 2 is 2.04 bits per heavy atom. The second-order valence-corrected chi connectivity index (χ2v) is 5.20. The molecule has 128 valence electrons. The monoisotopic (exact) mass is 331 g/mol. The maximum atomic E-state index is 12.1. The summed E-state index contributed by atoms with van der Waals surface area (Å²) in [6.07, 6.45) is 0.910. The van der Waals surface area contributed by atoms with Crippen molar-refractivity contribution in [3.8, 4) is 11.5 Å². The maximum absolute atomic E-state index is 12.1. The first-order valence-corrected chi connectivity index (χ1v) is 7.67. The fourth-order valence-electron chi connectivity index (χ4n) is 2.05. The van der Waals surface area contributed by atoms with E-state index in [0.29, 0.717) is 24.7 Å². The van der Waals surface area contributed by atoms with E-state index in [0.717, 1.165) is 16.7 Å². The Morgan fingerprint density at radius 3 is 2.71 bits per heavy atom. The van der Waals surface area contributed by atoms with Gasteiger partial charge in [-0.3, -0.25) is 9.59 Å². The summed E-state index contributed by atoms with van der Waals surface area (Å²) in [6, 6.07) is 8.21. The first kappa shape index (κ1) is 17.5. The summed E-state index contributed by atoms with van der Waals surface area (Å²) < 4.78 is 12.0. The van der Waals surface area contributed by atoms with E-state index in [1.807, 2.05) is 25.1 Å². The number of aryl methyl sites for hydroxylation is 1. The minimum absolute atomic E-state index is 0.187. The second-order valence-electron chi connectivity index (χ2n) is 5.20. The van der Waals surface area contributed by atoms with Gasteiger partial charge < -0.3 is 14.8 Å². The third-order valence-corrected chi connectivity index (χ3v) is 3.34. The number of carbonyl (C=O) groups excluding carboxylic acids is 1. The van der Waals surface area contributed by atoms with Gasteiger partial charge >= 0.3 is 0 Å². The summed E-state index contributed by atoms with van der Waals surface area (Å²) >= 11 is 0. The molecule has 2 aromatic rings. The molecule has 0 unspecified atom stereocenters. The van der Waals surface area contributed by atoms with Gasteiger partial charge in [-0.25, -0.2) is 4.68 Å². The second kappa shape index (κ2) is 8.14. The number of methoxy groups -OCH3 is 1. The van der Waals surface area contributed by atoms with Gasteiger partial charge in [0.1, 0.15) is 5.69 Å². The molecular weight excluding hydrogens is 310 g/mol. The van der Waals surface area contributed by atoms with E-state index in [4.69, 9.17) is 9.47 Å². The third-order valence-electron chi connectivity index (χ3n) is 3.34. The highest BCUT2D eigenvalue weighted by Crippen LogP contribution is 2.28. The Hall–Kier alpha value is -2.83. The average molecular weight is 331 g/mol. The van der Waals surface area contributed by atoms with E-state index in [-0.39, 0.29) is 17.2 Å². The smallest absolute Gasteiger partial charge is 0.271 e. The van der Waals surface area contributed by atoms with Crippen molar-refractivity contribution in [2.45, 2.75) is 19.9 Å². The van der Waals surface area contributed by atoms with Gasteiger partial charge in [0, 0.05) is 19.7 Å². The molecule has 0 aliphatic rings. The topological polar surface area (TPSA) is 82.5 Å². The Bertz CT molecular complexity index is 771. The van der Waals surface area contributed by atoms with Crippen LogP contribution in [-0.2, 0) is 13.6 Å². The Morgan fingerprint density at radius 1 is 1.25 bits per heavy atom. The number of amides is 1. The van der Waals surface area contributed by atoms with E-state index < -0.39 is 0 Å². The molecule has 0 aliphatic heterocycles. The Labute approximate surface area is 140 Å². The average Bonchev–Trinajstić information content (AvgIpc) is 2.60. The number of nitrogens with zero attached hydrogens (tertiary/aromatic N) is 2. The van der Waals surface area contributed by atoms with Crippen LogP contribution in [0.15, 0.2) is 35.1 Å². The first-order chi connectivity index (χ1) is 11.5. The zero-order chi connectivity index (χ0) is 17.5. The van der Waals surface area contributed by atoms with Gasteiger partial charge in [-0.05, 0) is 30.2 Å². The van der Waals surface area contributed by atoms with E-state index in [9.17, 15) is 9.59 Å². The molecule has 0 aliphatic carbocycles. The molecule has 24 heavy (non-hydrogen) atoms. The molecule has 7 nitrogen and oxygen atoms in total. The highest BCUT2D eigenvalue weighted by Gasteiger charge is 2.10. The van der Waals surface area contributed by atoms with Gasteiger partial charge in [0.15, 0.2) is 11.5 Å². The molecule has 0 spiro atoms. The van der Waals surface area contributed by atoms with Crippen LogP contribution in [0.4, 0.5) is 0 Å². The van der Waals surface area contributed by atoms with Crippen LogP contribution in [0.3, 0.4) is 0 Å². The van der Waals surface area contributed by atoms with Crippen LogP contribution >= 0.6 is 0 Å². The van der Waals surface area contributed by atoms with Gasteiger partial charge in [-0.1, -0.05) is 13.0 Å². The highest BCUT2D eigenvalue weighted by atomic mass is 16.5. The van der Waals surface area contributed by atoms with E-state index in [1.165, 1.54) is 19.2 Å². The minimum atomic E-state index is -0.351. The number of rotatable bonds is 7. The van der Waals surface area contributed by atoms with Gasteiger partial charge in [-0.2, -0.15) is 5.10 Å². The van der Waals surface area contributed by atoms with Crippen molar-refractivity contribution in [2.75, 3.05) is 13.7 Å². The van der Waals surface area contributed by atoms with Crippen LogP contribution in [0.1, 0.15) is 29.4 Å². The number of benzene rings is 1. The van der Waals surface area contributed by atoms with E-state index in [1.54, 1.807) is 7.11 Å². The van der Waals surface area contributed by atoms with Crippen molar-refractivity contribution in [3.63, 3.8) is 0 Å². The summed E-state index contributed by atoms with van der Waals surface area (Å²) in [7, 11) is 3.07. The molecule has 0 saturated carbocycles. The molecule has 0 fully saturated rings. The lowest BCUT2D eigenvalue weighted by Crippen LogP contribution is -2.28. The van der Waals surface area contributed by atoms with Gasteiger partial charge in [0.2, 0.25) is 0 Å².